The zero-order valence-corrected chi connectivity index (χ0v) is 17.1. The first-order valence-corrected chi connectivity index (χ1v) is 11.1. The predicted octanol–water partition coefficient (Wildman–Crippen LogP) is 4.77. The highest BCUT2D eigenvalue weighted by molar-refractivity contribution is 7.57. The molecule has 0 aliphatic heterocycles. The third-order valence-electron chi connectivity index (χ3n) is 3.98. The summed E-state index contributed by atoms with van der Waals surface area (Å²) in [6.45, 7) is 11.2. The first-order chi connectivity index (χ1) is 12.0. The molecular weight excluding hydrogens is 333 g/mol. The van der Waals surface area contributed by atoms with Crippen LogP contribution >= 0.6 is 7.59 Å². The number of benzene rings is 1. The Balaban J connectivity index is 3.19. The van der Waals surface area contributed by atoms with Crippen LogP contribution in [0.15, 0.2) is 30.3 Å². The Kier molecular flexibility index (Phi) is 10.0. The number of amides is 1. The molecule has 1 aromatic carbocycles. The van der Waals surface area contributed by atoms with Crippen LogP contribution in [0.3, 0.4) is 0 Å². The molecule has 0 aliphatic rings. The molecule has 1 N–H and O–H groups in total. The van der Waals surface area contributed by atoms with Crippen molar-refractivity contribution in [3.63, 3.8) is 0 Å². The standard InChI is InChI=1S/C19H34N3O2P/c1-5-14-21(15-6-2)25(24,22(16-7-3)17-8-4)20-19(23)18-12-10-9-11-13-18/h9-13H,5-8,14-17H2,1-4H3,(H,20,23,24). The summed E-state index contributed by atoms with van der Waals surface area (Å²) in [5, 5.41) is 2.92. The second-order valence-corrected chi connectivity index (χ2v) is 8.70. The van der Waals surface area contributed by atoms with E-state index in [1.54, 1.807) is 12.1 Å². The fraction of sp³-hybridized carbons (Fsp3) is 0.632. The van der Waals surface area contributed by atoms with Gasteiger partial charge in [-0.15, -0.1) is 0 Å². The van der Waals surface area contributed by atoms with Crippen molar-refractivity contribution in [1.82, 2.24) is 14.4 Å². The topological polar surface area (TPSA) is 52.7 Å². The van der Waals surface area contributed by atoms with Crippen molar-refractivity contribution in [3.8, 4) is 0 Å². The molecule has 0 saturated heterocycles. The number of nitrogens with zero attached hydrogens (tertiary/aromatic N) is 2. The third kappa shape index (κ3) is 6.25. The van der Waals surface area contributed by atoms with Crippen LogP contribution in [-0.4, -0.2) is 41.4 Å². The Morgan fingerprint density at radius 1 is 0.840 bits per heavy atom. The van der Waals surface area contributed by atoms with E-state index in [4.69, 9.17) is 0 Å². The zero-order valence-electron chi connectivity index (χ0n) is 16.2. The Bertz CT molecular complexity index is 519. The normalized spacial score (nSPS) is 11.9. The summed E-state index contributed by atoms with van der Waals surface area (Å²) in [6, 6.07) is 9.04. The molecule has 0 heterocycles. The Morgan fingerprint density at radius 2 is 1.24 bits per heavy atom. The quantitative estimate of drug-likeness (QED) is 0.541. The molecule has 0 bridgehead atoms. The van der Waals surface area contributed by atoms with Crippen molar-refractivity contribution < 1.29 is 9.36 Å². The molecule has 0 radical (unpaired) electrons. The average Bonchev–Trinajstić information content (AvgIpc) is 2.62. The Hall–Kier alpha value is -1.16. The number of rotatable bonds is 12. The van der Waals surface area contributed by atoms with Gasteiger partial charge in [-0.05, 0) is 37.8 Å². The third-order valence-corrected chi connectivity index (χ3v) is 6.80. The van der Waals surface area contributed by atoms with Crippen LogP contribution in [0.25, 0.3) is 0 Å². The maximum Gasteiger partial charge on any atom is 0.311 e. The lowest BCUT2D eigenvalue weighted by molar-refractivity contribution is 0.0973. The van der Waals surface area contributed by atoms with Gasteiger partial charge in [0.1, 0.15) is 0 Å². The number of hydrogen-bond donors (Lipinski definition) is 1. The molecule has 1 aromatic rings. The number of nitrogens with one attached hydrogen (secondary N) is 1. The van der Waals surface area contributed by atoms with Gasteiger partial charge in [-0.25, -0.2) is 9.34 Å². The van der Waals surface area contributed by atoms with Crippen molar-refractivity contribution in [2.45, 2.75) is 53.4 Å². The molecule has 25 heavy (non-hydrogen) atoms. The summed E-state index contributed by atoms with van der Waals surface area (Å²) in [6.07, 6.45) is 3.60. The van der Waals surface area contributed by atoms with Gasteiger partial charge in [-0.1, -0.05) is 45.9 Å². The summed E-state index contributed by atoms with van der Waals surface area (Å²) in [7, 11) is -3.16. The summed E-state index contributed by atoms with van der Waals surface area (Å²) in [5.74, 6) is -0.265. The summed E-state index contributed by atoms with van der Waals surface area (Å²) in [5.41, 5.74) is 0.545. The molecule has 0 unspecified atom stereocenters. The first kappa shape index (κ1) is 21.9. The van der Waals surface area contributed by atoms with Crippen LogP contribution in [0.1, 0.15) is 63.7 Å². The monoisotopic (exact) mass is 367 g/mol. The molecule has 0 atom stereocenters. The van der Waals surface area contributed by atoms with E-state index in [1.165, 1.54) is 0 Å². The number of carbonyl (C=O) groups excluding carboxylic acids is 1. The molecule has 0 saturated carbocycles. The minimum absolute atomic E-state index is 0.265. The molecule has 1 amide bonds. The van der Waals surface area contributed by atoms with Gasteiger partial charge in [-0.2, -0.15) is 0 Å². The van der Waals surface area contributed by atoms with Crippen molar-refractivity contribution >= 4 is 13.5 Å². The highest BCUT2D eigenvalue weighted by atomic mass is 31.2. The van der Waals surface area contributed by atoms with Gasteiger partial charge in [0.05, 0.1) is 0 Å². The van der Waals surface area contributed by atoms with E-state index < -0.39 is 7.59 Å². The van der Waals surface area contributed by atoms with E-state index in [2.05, 4.69) is 32.8 Å². The van der Waals surface area contributed by atoms with Crippen LogP contribution in [0.5, 0.6) is 0 Å². The fourth-order valence-corrected chi connectivity index (χ4v) is 5.82. The van der Waals surface area contributed by atoms with Crippen LogP contribution in [0.2, 0.25) is 0 Å². The molecule has 1 rings (SSSR count). The maximum absolute atomic E-state index is 14.1. The highest BCUT2D eigenvalue weighted by Gasteiger charge is 2.37. The fourth-order valence-electron chi connectivity index (χ4n) is 2.90. The first-order valence-electron chi connectivity index (χ1n) is 9.51. The second-order valence-electron chi connectivity index (χ2n) is 6.26. The van der Waals surface area contributed by atoms with Gasteiger partial charge in [0.15, 0.2) is 0 Å². The largest absolute Gasteiger partial charge is 0.311 e. The van der Waals surface area contributed by atoms with Crippen LogP contribution < -0.4 is 5.09 Å². The molecule has 5 nitrogen and oxygen atoms in total. The van der Waals surface area contributed by atoms with E-state index >= 15 is 0 Å². The predicted molar refractivity (Wildman–Crippen MR) is 106 cm³/mol. The Morgan fingerprint density at radius 3 is 1.60 bits per heavy atom. The van der Waals surface area contributed by atoms with E-state index in [9.17, 15) is 9.36 Å². The minimum Gasteiger partial charge on any atom is -0.279 e. The second kappa shape index (κ2) is 11.5. The maximum atomic E-state index is 14.1. The highest BCUT2D eigenvalue weighted by Crippen LogP contribution is 2.50. The van der Waals surface area contributed by atoms with Gasteiger partial charge in [0.2, 0.25) is 0 Å². The van der Waals surface area contributed by atoms with Crippen LogP contribution in [0.4, 0.5) is 0 Å². The summed E-state index contributed by atoms with van der Waals surface area (Å²) >= 11 is 0. The zero-order chi connectivity index (χ0) is 18.7. The van der Waals surface area contributed by atoms with Crippen LogP contribution in [-0.2, 0) is 4.57 Å². The van der Waals surface area contributed by atoms with Crippen LogP contribution in [0, 0.1) is 0 Å². The smallest absolute Gasteiger partial charge is 0.279 e. The SMILES string of the molecule is CCCN(CCC)P(=O)(NC(=O)c1ccccc1)N(CCC)CCC. The lowest BCUT2D eigenvalue weighted by Crippen LogP contribution is -2.42. The van der Waals surface area contributed by atoms with Gasteiger partial charge in [-0.3, -0.25) is 14.4 Å². The lowest BCUT2D eigenvalue weighted by Gasteiger charge is -2.39. The van der Waals surface area contributed by atoms with E-state index in [0.717, 1.165) is 25.7 Å². The molecule has 142 valence electrons. The summed E-state index contributed by atoms with van der Waals surface area (Å²) in [4.78, 5) is 12.7. The molecule has 0 fully saturated rings. The van der Waals surface area contributed by atoms with Gasteiger partial charge >= 0.3 is 7.59 Å². The van der Waals surface area contributed by atoms with Crippen molar-refractivity contribution in [2.75, 3.05) is 26.2 Å². The van der Waals surface area contributed by atoms with Crippen molar-refractivity contribution in [2.24, 2.45) is 0 Å². The molecule has 0 aliphatic carbocycles. The molecule has 6 heteroatoms. The van der Waals surface area contributed by atoms with Gasteiger partial charge in [0, 0.05) is 31.7 Å². The number of hydrogen-bond acceptors (Lipinski definition) is 2. The summed E-state index contributed by atoms with van der Waals surface area (Å²) < 4.78 is 18.0. The molecule has 0 aromatic heterocycles. The van der Waals surface area contributed by atoms with Crippen molar-refractivity contribution in [3.05, 3.63) is 35.9 Å². The average molecular weight is 367 g/mol. The minimum atomic E-state index is -3.16. The van der Waals surface area contributed by atoms with E-state index in [1.807, 2.05) is 27.5 Å². The van der Waals surface area contributed by atoms with E-state index in [0.29, 0.717) is 31.7 Å². The Labute approximate surface area is 153 Å². The molecule has 0 spiro atoms. The van der Waals surface area contributed by atoms with Gasteiger partial charge in [0.25, 0.3) is 5.91 Å². The van der Waals surface area contributed by atoms with E-state index in [-0.39, 0.29) is 5.91 Å². The number of carbonyl (C=O) groups is 1. The van der Waals surface area contributed by atoms with Gasteiger partial charge < -0.3 is 0 Å². The lowest BCUT2D eigenvalue weighted by atomic mass is 10.2. The van der Waals surface area contributed by atoms with Crippen molar-refractivity contribution in [1.29, 1.82) is 0 Å². The molecular formula is C19H34N3O2P.